The number of aryl methyl sites for hydroxylation is 1. The van der Waals surface area contributed by atoms with Gasteiger partial charge in [0.05, 0.1) is 6.10 Å². The highest BCUT2D eigenvalue weighted by Gasteiger charge is 2.41. The van der Waals surface area contributed by atoms with Crippen LogP contribution >= 0.6 is 0 Å². The molecule has 1 aromatic heterocycles. The highest BCUT2D eigenvalue weighted by molar-refractivity contribution is 5.34. The van der Waals surface area contributed by atoms with E-state index in [1.165, 1.54) is 24.8 Å². The van der Waals surface area contributed by atoms with E-state index in [4.69, 9.17) is 0 Å². The summed E-state index contributed by atoms with van der Waals surface area (Å²) in [6.07, 6.45) is 8.89. The van der Waals surface area contributed by atoms with E-state index in [2.05, 4.69) is 36.2 Å². The molecule has 1 N–H and O–H groups in total. The molecule has 0 amide bonds. The number of benzene rings is 1. The molecular formula is C19H23NO. The topological polar surface area (TPSA) is 33.1 Å². The number of nitrogens with zero attached hydrogens (tertiary/aromatic N) is 1. The monoisotopic (exact) mass is 281 g/mol. The Kier molecular flexibility index (Phi) is 4.07. The van der Waals surface area contributed by atoms with E-state index in [-0.39, 0.29) is 5.41 Å². The van der Waals surface area contributed by atoms with Gasteiger partial charge in [0, 0.05) is 23.4 Å². The maximum atomic E-state index is 11.2. The number of pyridine rings is 1. The molecule has 0 spiro atoms. The molecule has 1 aliphatic carbocycles. The first-order valence-corrected chi connectivity index (χ1v) is 7.88. The average molecular weight is 281 g/mol. The minimum absolute atomic E-state index is 0.159. The summed E-state index contributed by atoms with van der Waals surface area (Å²) in [6, 6.07) is 12.5. The first kappa shape index (κ1) is 14.3. The largest absolute Gasteiger partial charge is 0.387 e. The van der Waals surface area contributed by atoms with Gasteiger partial charge in [0.15, 0.2) is 0 Å². The molecule has 1 unspecified atom stereocenters. The lowest BCUT2D eigenvalue weighted by Gasteiger charge is -2.42. The Hall–Kier alpha value is -1.67. The SMILES string of the molecule is Cc1ccncc1C(O)C1(c2ccccc2)CCCCC1. The molecular weight excluding hydrogens is 258 g/mol. The summed E-state index contributed by atoms with van der Waals surface area (Å²) in [4.78, 5) is 4.23. The molecule has 2 aromatic rings. The summed E-state index contributed by atoms with van der Waals surface area (Å²) in [7, 11) is 0. The van der Waals surface area contributed by atoms with Crippen LogP contribution in [0.4, 0.5) is 0 Å². The second-order valence-corrected chi connectivity index (χ2v) is 6.22. The fraction of sp³-hybridized carbons (Fsp3) is 0.421. The summed E-state index contributed by atoms with van der Waals surface area (Å²) in [6.45, 7) is 2.06. The Balaban J connectivity index is 2.06. The smallest absolute Gasteiger partial charge is 0.0903 e. The maximum Gasteiger partial charge on any atom is 0.0903 e. The molecule has 0 saturated heterocycles. The summed E-state index contributed by atoms with van der Waals surface area (Å²) in [5, 5.41) is 11.2. The molecule has 2 heteroatoms. The van der Waals surface area contributed by atoms with E-state index in [0.717, 1.165) is 24.0 Å². The number of aromatic nitrogens is 1. The van der Waals surface area contributed by atoms with E-state index in [9.17, 15) is 5.11 Å². The van der Waals surface area contributed by atoms with Crippen LogP contribution in [0.2, 0.25) is 0 Å². The summed E-state index contributed by atoms with van der Waals surface area (Å²) >= 11 is 0. The molecule has 21 heavy (non-hydrogen) atoms. The van der Waals surface area contributed by atoms with Crippen molar-refractivity contribution in [2.24, 2.45) is 0 Å². The zero-order valence-corrected chi connectivity index (χ0v) is 12.6. The van der Waals surface area contributed by atoms with Crippen molar-refractivity contribution in [1.82, 2.24) is 4.98 Å². The van der Waals surface area contributed by atoms with Gasteiger partial charge < -0.3 is 5.11 Å². The van der Waals surface area contributed by atoms with Crippen LogP contribution in [0.15, 0.2) is 48.8 Å². The molecule has 1 fully saturated rings. The molecule has 1 heterocycles. The van der Waals surface area contributed by atoms with Crippen LogP contribution in [-0.2, 0) is 5.41 Å². The van der Waals surface area contributed by atoms with Crippen molar-refractivity contribution in [2.75, 3.05) is 0 Å². The van der Waals surface area contributed by atoms with Crippen LogP contribution in [0.5, 0.6) is 0 Å². The molecule has 3 rings (SSSR count). The van der Waals surface area contributed by atoms with Gasteiger partial charge in [0.1, 0.15) is 0 Å². The Morgan fingerprint density at radius 3 is 2.43 bits per heavy atom. The average Bonchev–Trinajstić information content (AvgIpc) is 2.56. The summed E-state index contributed by atoms with van der Waals surface area (Å²) in [5.41, 5.74) is 3.20. The number of rotatable bonds is 3. The Morgan fingerprint density at radius 1 is 1.05 bits per heavy atom. The van der Waals surface area contributed by atoms with Crippen LogP contribution < -0.4 is 0 Å². The predicted octanol–water partition coefficient (Wildman–Crippen LogP) is 4.33. The number of aliphatic hydroxyl groups excluding tert-OH is 1. The number of aliphatic hydroxyl groups is 1. The third-order valence-electron chi connectivity index (χ3n) is 4.99. The Bertz CT molecular complexity index is 588. The fourth-order valence-corrected chi connectivity index (χ4v) is 3.73. The highest BCUT2D eigenvalue weighted by Crippen LogP contribution is 2.48. The first-order valence-electron chi connectivity index (χ1n) is 7.88. The van der Waals surface area contributed by atoms with Crippen molar-refractivity contribution in [3.05, 3.63) is 65.5 Å². The summed E-state index contributed by atoms with van der Waals surface area (Å²) < 4.78 is 0. The van der Waals surface area contributed by atoms with Gasteiger partial charge in [-0.1, -0.05) is 49.6 Å². The lowest BCUT2D eigenvalue weighted by atomic mass is 9.64. The van der Waals surface area contributed by atoms with Gasteiger partial charge >= 0.3 is 0 Å². The molecule has 0 bridgehead atoms. The second kappa shape index (κ2) is 5.98. The van der Waals surface area contributed by atoms with Crippen molar-refractivity contribution in [3.8, 4) is 0 Å². The minimum Gasteiger partial charge on any atom is -0.387 e. The normalized spacial score (nSPS) is 19.1. The van der Waals surface area contributed by atoms with Gasteiger partial charge in [-0.15, -0.1) is 0 Å². The predicted molar refractivity (Wildman–Crippen MR) is 85.1 cm³/mol. The molecule has 1 aromatic carbocycles. The fourth-order valence-electron chi connectivity index (χ4n) is 3.73. The summed E-state index contributed by atoms with van der Waals surface area (Å²) in [5.74, 6) is 0. The maximum absolute atomic E-state index is 11.2. The molecule has 1 aliphatic rings. The van der Waals surface area contributed by atoms with Gasteiger partial charge in [0.25, 0.3) is 0 Å². The zero-order chi connectivity index (χ0) is 14.7. The van der Waals surface area contributed by atoms with Gasteiger partial charge in [-0.2, -0.15) is 0 Å². The van der Waals surface area contributed by atoms with Gasteiger partial charge in [-0.3, -0.25) is 4.98 Å². The van der Waals surface area contributed by atoms with Gasteiger partial charge in [-0.25, -0.2) is 0 Å². The molecule has 1 saturated carbocycles. The van der Waals surface area contributed by atoms with Crippen molar-refractivity contribution < 1.29 is 5.11 Å². The third-order valence-corrected chi connectivity index (χ3v) is 4.99. The molecule has 0 radical (unpaired) electrons. The van der Waals surface area contributed by atoms with Gasteiger partial charge in [-0.05, 0) is 37.0 Å². The highest BCUT2D eigenvalue weighted by atomic mass is 16.3. The van der Waals surface area contributed by atoms with Gasteiger partial charge in [0.2, 0.25) is 0 Å². The van der Waals surface area contributed by atoms with Crippen LogP contribution in [-0.4, -0.2) is 10.1 Å². The van der Waals surface area contributed by atoms with Crippen molar-refractivity contribution in [3.63, 3.8) is 0 Å². The van der Waals surface area contributed by atoms with E-state index < -0.39 is 6.10 Å². The molecule has 110 valence electrons. The van der Waals surface area contributed by atoms with Crippen molar-refractivity contribution in [1.29, 1.82) is 0 Å². The molecule has 1 atom stereocenters. The minimum atomic E-state index is -0.478. The lowest BCUT2D eigenvalue weighted by molar-refractivity contribution is 0.0520. The number of hydrogen-bond donors (Lipinski definition) is 1. The Labute approximate surface area is 126 Å². The quantitative estimate of drug-likeness (QED) is 0.908. The van der Waals surface area contributed by atoms with E-state index in [1.54, 1.807) is 6.20 Å². The van der Waals surface area contributed by atoms with E-state index in [1.807, 2.05) is 18.3 Å². The van der Waals surface area contributed by atoms with Crippen LogP contribution in [0.3, 0.4) is 0 Å². The standard InChI is InChI=1S/C19H23NO/c1-15-10-13-20-14-17(15)18(21)19(11-6-3-7-12-19)16-8-4-2-5-9-16/h2,4-5,8-10,13-14,18,21H,3,6-7,11-12H2,1H3. The molecule has 2 nitrogen and oxygen atoms in total. The number of hydrogen-bond acceptors (Lipinski definition) is 2. The lowest BCUT2D eigenvalue weighted by Crippen LogP contribution is -2.36. The van der Waals surface area contributed by atoms with E-state index in [0.29, 0.717) is 0 Å². The third kappa shape index (κ3) is 2.60. The first-order chi connectivity index (χ1) is 10.2. The van der Waals surface area contributed by atoms with Crippen molar-refractivity contribution in [2.45, 2.75) is 50.5 Å². The van der Waals surface area contributed by atoms with Crippen LogP contribution in [0, 0.1) is 6.92 Å². The van der Waals surface area contributed by atoms with Crippen LogP contribution in [0.25, 0.3) is 0 Å². The Morgan fingerprint density at radius 2 is 1.76 bits per heavy atom. The van der Waals surface area contributed by atoms with E-state index >= 15 is 0 Å². The second-order valence-electron chi connectivity index (χ2n) is 6.22. The zero-order valence-electron chi connectivity index (χ0n) is 12.6. The van der Waals surface area contributed by atoms with Crippen molar-refractivity contribution >= 4 is 0 Å². The van der Waals surface area contributed by atoms with Crippen LogP contribution in [0.1, 0.15) is 54.9 Å². The molecule has 0 aliphatic heterocycles.